The van der Waals surface area contributed by atoms with Gasteiger partial charge in [0.15, 0.2) is 0 Å². The maximum absolute atomic E-state index is 13.4. The van der Waals surface area contributed by atoms with E-state index in [9.17, 15) is 8.78 Å². The van der Waals surface area contributed by atoms with Gasteiger partial charge in [0.1, 0.15) is 11.6 Å². The summed E-state index contributed by atoms with van der Waals surface area (Å²) in [5.74, 6) is -0.733. The van der Waals surface area contributed by atoms with Crippen LogP contribution < -0.4 is 0 Å². The molecule has 1 aromatic rings. The van der Waals surface area contributed by atoms with E-state index in [0.29, 0.717) is 19.5 Å². The van der Waals surface area contributed by atoms with Crippen LogP contribution in [-0.2, 0) is 13.6 Å². The lowest BCUT2D eigenvalue weighted by Gasteiger charge is -2.32. The number of aryl methyl sites for hydroxylation is 1. The maximum atomic E-state index is 13.4. The molecule has 0 radical (unpaired) electrons. The monoisotopic (exact) mass is 256 g/mol. The second kappa shape index (κ2) is 3.73. The van der Waals surface area contributed by atoms with E-state index in [-0.39, 0.29) is 6.42 Å². The van der Waals surface area contributed by atoms with Crippen LogP contribution in [0, 0.1) is 12.3 Å². The summed E-state index contributed by atoms with van der Waals surface area (Å²) in [7, 11) is 1.91. The van der Waals surface area contributed by atoms with Crippen LogP contribution in [0.4, 0.5) is 8.78 Å². The van der Waals surface area contributed by atoms with Crippen LogP contribution in [0.2, 0.25) is 0 Å². The Balaban J connectivity index is 1.69. The van der Waals surface area contributed by atoms with Crippen LogP contribution in [0.3, 0.4) is 0 Å². The summed E-state index contributed by atoms with van der Waals surface area (Å²) in [6.45, 7) is 3.88. The number of piperidine rings is 1. The van der Waals surface area contributed by atoms with Crippen molar-refractivity contribution in [3.63, 3.8) is 0 Å². The quantitative estimate of drug-likeness (QED) is 0.808. The molecule has 2 aliphatic rings. The van der Waals surface area contributed by atoms with E-state index >= 15 is 0 Å². The highest BCUT2D eigenvalue weighted by Gasteiger charge is 2.71. The first-order chi connectivity index (χ1) is 8.44. The van der Waals surface area contributed by atoms with E-state index in [1.807, 2.05) is 18.5 Å². The Morgan fingerprint density at radius 1 is 1.33 bits per heavy atom. The highest BCUT2D eigenvalue weighted by molar-refractivity contribution is 5.13. The smallest absolute Gasteiger partial charge is 0.255 e. The Kier molecular flexibility index (Phi) is 2.49. The van der Waals surface area contributed by atoms with Gasteiger partial charge in [0.25, 0.3) is 5.92 Å². The van der Waals surface area contributed by atoms with Gasteiger partial charge in [0, 0.05) is 20.0 Å². The Bertz CT molecular complexity index is 471. The summed E-state index contributed by atoms with van der Waals surface area (Å²) < 4.78 is 28.7. The van der Waals surface area contributed by atoms with Crippen LogP contribution in [0.25, 0.3) is 0 Å². The van der Waals surface area contributed by atoms with Crippen molar-refractivity contribution >= 4 is 0 Å². The molecule has 0 amide bonds. The van der Waals surface area contributed by atoms with Gasteiger partial charge in [-0.05, 0) is 26.3 Å². The Morgan fingerprint density at radius 2 is 2.06 bits per heavy atom. The normalized spacial score (nSPS) is 30.9. The Morgan fingerprint density at radius 3 is 2.61 bits per heavy atom. The van der Waals surface area contributed by atoms with Crippen molar-refractivity contribution in [2.75, 3.05) is 13.1 Å². The molecule has 0 N–H and O–H groups in total. The maximum Gasteiger partial charge on any atom is 0.255 e. The van der Waals surface area contributed by atoms with Gasteiger partial charge in [-0.1, -0.05) is 0 Å². The average molecular weight is 256 g/mol. The summed E-state index contributed by atoms with van der Waals surface area (Å²) in [5, 5.41) is 8.10. The lowest BCUT2D eigenvalue weighted by molar-refractivity contribution is 0.0219. The van der Waals surface area contributed by atoms with Crippen molar-refractivity contribution in [1.29, 1.82) is 0 Å². The molecule has 0 bridgehead atoms. The SMILES string of the molecule is Cc1nnc(CN2CCCC3(C2)CC3(F)F)n1C. The number of rotatable bonds is 2. The lowest BCUT2D eigenvalue weighted by atomic mass is 9.94. The Labute approximate surface area is 105 Å². The molecule has 1 aliphatic carbocycles. The molecule has 6 heteroatoms. The van der Waals surface area contributed by atoms with E-state index in [1.165, 1.54) is 0 Å². The third kappa shape index (κ3) is 1.74. The number of halogens is 2. The molecule has 4 nitrogen and oxygen atoms in total. The molecule has 1 aromatic heterocycles. The van der Waals surface area contributed by atoms with Crippen LogP contribution in [0.15, 0.2) is 0 Å². The molecule has 18 heavy (non-hydrogen) atoms. The van der Waals surface area contributed by atoms with E-state index in [4.69, 9.17) is 0 Å². The van der Waals surface area contributed by atoms with Crippen molar-refractivity contribution in [2.45, 2.75) is 38.7 Å². The summed E-state index contributed by atoms with van der Waals surface area (Å²) in [6, 6.07) is 0. The Hall–Kier alpha value is -1.04. The first kappa shape index (κ1) is 12.0. The van der Waals surface area contributed by atoms with Crippen LogP contribution in [-0.4, -0.2) is 38.7 Å². The molecule has 1 aliphatic heterocycles. The predicted octanol–water partition coefficient (Wildman–Crippen LogP) is 1.74. The third-order valence-electron chi connectivity index (χ3n) is 4.42. The fourth-order valence-corrected chi connectivity index (χ4v) is 2.97. The van der Waals surface area contributed by atoms with Crippen molar-refractivity contribution in [3.8, 4) is 0 Å². The molecule has 1 saturated heterocycles. The van der Waals surface area contributed by atoms with Gasteiger partial charge in [-0.2, -0.15) is 0 Å². The highest BCUT2D eigenvalue weighted by Crippen LogP contribution is 2.64. The van der Waals surface area contributed by atoms with Gasteiger partial charge in [-0.3, -0.25) is 4.90 Å². The van der Waals surface area contributed by atoms with Crippen molar-refractivity contribution < 1.29 is 8.78 Å². The van der Waals surface area contributed by atoms with Crippen molar-refractivity contribution in [1.82, 2.24) is 19.7 Å². The standard InChI is InChI=1S/C12H18F2N4/c1-9-15-16-10(17(9)2)6-18-5-3-4-11(8-18)7-12(11,13)14/h3-8H2,1-2H3. The molecule has 0 aromatic carbocycles. The van der Waals surface area contributed by atoms with E-state index < -0.39 is 11.3 Å². The minimum atomic E-state index is -2.44. The third-order valence-corrected chi connectivity index (χ3v) is 4.42. The molecule has 1 spiro atoms. The van der Waals surface area contributed by atoms with Crippen LogP contribution >= 0.6 is 0 Å². The van der Waals surface area contributed by atoms with Gasteiger partial charge in [-0.25, -0.2) is 8.78 Å². The van der Waals surface area contributed by atoms with Gasteiger partial charge < -0.3 is 4.57 Å². The minimum Gasteiger partial charge on any atom is -0.317 e. The summed E-state index contributed by atoms with van der Waals surface area (Å²) in [6.07, 6.45) is 1.58. The zero-order chi connectivity index (χ0) is 13.0. The number of alkyl halides is 2. The minimum absolute atomic E-state index is 0.0638. The average Bonchev–Trinajstić information content (AvgIpc) is 2.67. The van der Waals surface area contributed by atoms with Gasteiger partial charge >= 0.3 is 0 Å². The van der Waals surface area contributed by atoms with E-state index in [0.717, 1.165) is 24.6 Å². The number of hydrogen-bond donors (Lipinski definition) is 0. The molecule has 1 atom stereocenters. The zero-order valence-electron chi connectivity index (χ0n) is 10.8. The molecule has 3 rings (SSSR count). The molecule has 1 unspecified atom stereocenters. The number of likely N-dealkylation sites (tertiary alicyclic amines) is 1. The van der Waals surface area contributed by atoms with Crippen molar-refractivity contribution in [3.05, 3.63) is 11.6 Å². The first-order valence-electron chi connectivity index (χ1n) is 6.39. The van der Waals surface area contributed by atoms with Gasteiger partial charge in [0.2, 0.25) is 0 Å². The number of nitrogens with zero attached hydrogens (tertiary/aromatic N) is 4. The molecular weight excluding hydrogens is 238 g/mol. The van der Waals surface area contributed by atoms with Gasteiger partial charge in [0.05, 0.1) is 12.0 Å². The van der Waals surface area contributed by atoms with E-state index in [2.05, 4.69) is 15.1 Å². The number of aromatic nitrogens is 3. The fraction of sp³-hybridized carbons (Fsp3) is 0.833. The fourth-order valence-electron chi connectivity index (χ4n) is 2.97. The summed E-state index contributed by atoms with van der Waals surface area (Å²) in [5.41, 5.74) is -0.737. The van der Waals surface area contributed by atoms with E-state index in [1.54, 1.807) is 0 Å². The summed E-state index contributed by atoms with van der Waals surface area (Å²) in [4.78, 5) is 2.09. The summed E-state index contributed by atoms with van der Waals surface area (Å²) >= 11 is 0. The number of hydrogen-bond acceptors (Lipinski definition) is 3. The first-order valence-corrected chi connectivity index (χ1v) is 6.39. The molecule has 2 fully saturated rings. The molecule has 1 saturated carbocycles. The molecular formula is C12H18F2N4. The second-order valence-corrected chi connectivity index (χ2v) is 5.70. The largest absolute Gasteiger partial charge is 0.317 e. The van der Waals surface area contributed by atoms with Crippen LogP contribution in [0.1, 0.15) is 30.9 Å². The van der Waals surface area contributed by atoms with Crippen LogP contribution in [0.5, 0.6) is 0 Å². The molecule has 2 heterocycles. The topological polar surface area (TPSA) is 34.0 Å². The van der Waals surface area contributed by atoms with Crippen molar-refractivity contribution in [2.24, 2.45) is 12.5 Å². The second-order valence-electron chi connectivity index (χ2n) is 5.70. The lowest BCUT2D eigenvalue weighted by Crippen LogP contribution is -2.39. The predicted molar refractivity (Wildman–Crippen MR) is 62.2 cm³/mol. The molecule has 100 valence electrons. The highest BCUT2D eigenvalue weighted by atomic mass is 19.3. The zero-order valence-corrected chi connectivity index (χ0v) is 10.8. The van der Waals surface area contributed by atoms with Gasteiger partial charge in [-0.15, -0.1) is 10.2 Å².